The van der Waals surface area contributed by atoms with E-state index in [0.717, 1.165) is 0 Å². The van der Waals surface area contributed by atoms with Gasteiger partial charge in [-0.25, -0.2) is 4.98 Å². The van der Waals surface area contributed by atoms with Gasteiger partial charge >= 0.3 is 6.18 Å². The van der Waals surface area contributed by atoms with E-state index in [1.807, 2.05) is 0 Å². The highest BCUT2D eigenvalue weighted by Crippen LogP contribution is 2.24. The summed E-state index contributed by atoms with van der Waals surface area (Å²) in [4.78, 5) is 7.38. The van der Waals surface area contributed by atoms with Gasteiger partial charge in [-0.3, -0.25) is 0 Å². The lowest BCUT2D eigenvalue weighted by Crippen LogP contribution is -2.12. The lowest BCUT2D eigenvalue weighted by molar-refractivity contribution is -0.128. The average molecular weight is 244 g/mol. The molecule has 0 amide bonds. The highest BCUT2D eigenvalue weighted by atomic mass is 19.4. The van der Waals surface area contributed by atoms with E-state index in [4.69, 9.17) is 10.3 Å². The molecule has 2 heterocycles. The second kappa shape index (κ2) is 4.04. The number of hydrogen-bond acceptors (Lipinski definition) is 5. The Balaban J connectivity index is 2.28. The van der Waals surface area contributed by atoms with Crippen LogP contribution in [0.5, 0.6) is 0 Å². The second-order valence-electron chi connectivity index (χ2n) is 3.24. The largest absolute Gasteiger partial charge is 0.396 e. The van der Waals surface area contributed by atoms with Gasteiger partial charge in [0, 0.05) is 6.20 Å². The zero-order chi connectivity index (χ0) is 12.5. The zero-order valence-electron chi connectivity index (χ0n) is 8.40. The van der Waals surface area contributed by atoms with E-state index in [-0.39, 0.29) is 11.7 Å². The van der Waals surface area contributed by atoms with Crippen molar-refractivity contribution in [1.29, 1.82) is 0 Å². The van der Waals surface area contributed by atoms with Gasteiger partial charge in [0.2, 0.25) is 0 Å². The number of nitrogens with zero attached hydrogens (tertiary/aromatic N) is 3. The summed E-state index contributed by atoms with van der Waals surface area (Å²) in [6, 6.07) is 3.10. The molecule has 0 radical (unpaired) electrons. The number of halogens is 3. The number of hydrogen-bond donors (Lipinski definition) is 1. The van der Waals surface area contributed by atoms with E-state index >= 15 is 0 Å². The molecule has 90 valence electrons. The summed E-state index contributed by atoms with van der Waals surface area (Å²) in [5, 5.41) is 3.23. The number of aromatic nitrogens is 3. The minimum Gasteiger partial charge on any atom is -0.383 e. The molecule has 0 aliphatic heterocycles. The van der Waals surface area contributed by atoms with Crippen LogP contribution in [0.3, 0.4) is 0 Å². The van der Waals surface area contributed by atoms with E-state index in [9.17, 15) is 13.2 Å². The fraction of sp³-hybridized carbons (Fsp3) is 0.222. The maximum absolute atomic E-state index is 12.1. The van der Waals surface area contributed by atoms with Gasteiger partial charge in [-0.2, -0.15) is 18.2 Å². The molecule has 0 fully saturated rings. The summed E-state index contributed by atoms with van der Waals surface area (Å²) in [6.07, 6.45) is -4.16. The molecule has 0 saturated carbocycles. The first-order valence-corrected chi connectivity index (χ1v) is 4.56. The lowest BCUT2D eigenvalue weighted by Gasteiger charge is -2.00. The average Bonchev–Trinajstić information content (AvgIpc) is 2.64. The van der Waals surface area contributed by atoms with E-state index in [1.165, 1.54) is 12.3 Å². The molecular formula is C9H7F3N4O. The summed E-state index contributed by atoms with van der Waals surface area (Å²) >= 11 is 0. The van der Waals surface area contributed by atoms with E-state index in [1.54, 1.807) is 6.07 Å². The van der Waals surface area contributed by atoms with Crippen molar-refractivity contribution in [2.75, 3.05) is 5.73 Å². The molecule has 5 nitrogen and oxygen atoms in total. The number of rotatable bonds is 2. The van der Waals surface area contributed by atoms with Gasteiger partial charge < -0.3 is 10.3 Å². The molecule has 2 aromatic heterocycles. The number of alkyl halides is 3. The van der Waals surface area contributed by atoms with Crippen molar-refractivity contribution in [3.8, 4) is 11.5 Å². The number of nitrogens with two attached hydrogens (primary N) is 1. The lowest BCUT2D eigenvalue weighted by atomic mass is 10.2. The highest BCUT2D eigenvalue weighted by Gasteiger charge is 2.30. The zero-order valence-corrected chi connectivity index (χ0v) is 8.40. The van der Waals surface area contributed by atoms with Crippen molar-refractivity contribution in [2.45, 2.75) is 12.6 Å². The fourth-order valence-electron chi connectivity index (χ4n) is 1.21. The van der Waals surface area contributed by atoms with Crippen molar-refractivity contribution < 1.29 is 17.7 Å². The van der Waals surface area contributed by atoms with Gasteiger partial charge in [-0.1, -0.05) is 5.16 Å². The predicted molar refractivity (Wildman–Crippen MR) is 51.7 cm³/mol. The maximum atomic E-state index is 12.1. The molecule has 0 saturated heterocycles. The van der Waals surface area contributed by atoms with Crippen LogP contribution in [-0.2, 0) is 6.42 Å². The first-order chi connectivity index (χ1) is 7.96. The van der Waals surface area contributed by atoms with E-state index < -0.39 is 18.4 Å². The molecule has 0 aliphatic carbocycles. The predicted octanol–water partition coefficient (Wildman–Crippen LogP) is 1.82. The molecule has 2 N–H and O–H groups in total. The third-order valence-corrected chi connectivity index (χ3v) is 1.90. The second-order valence-corrected chi connectivity index (χ2v) is 3.24. The first-order valence-electron chi connectivity index (χ1n) is 4.56. The molecule has 17 heavy (non-hydrogen) atoms. The Morgan fingerprint density at radius 3 is 2.76 bits per heavy atom. The first kappa shape index (κ1) is 11.4. The fourth-order valence-corrected chi connectivity index (χ4v) is 1.21. The quantitative estimate of drug-likeness (QED) is 0.871. The third kappa shape index (κ3) is 2.71. The SMILES string of the molecule is Nc1ncccc1-c1nc(CC(F)(F)F)no1. The Morgan fingerprint density at radius 2 is 2.12 bits per heavy atom. The number of pyridine rings is 1. The van der Waals surface area contributed by atoms with Crippen LogP contribution in [0, 0.1) is 0 Å². The van der Waals surface area contributed by atoms with Crippen LogP contribution in [0.4, 0.5) is 19.0 Å². The Labute approximate surface area is 93.5 Å². The molecule has 0 aliphatic rings. The Bertz CT molecular complexity index is 523. The molecule has 0 aromatic carbocycles. The van der Waals surface area contributed by atoms with Crippen LogP contribution in [0.1, 0.15) is 5.82 Å². The van der Waals surface area contributed by atoms with Crippen molar-refractivity contribution in [3.05, 3.63) is 24.2 Å². The molecule has 0 spiro atoms. The van der Waals surface area contributed by atoms with Crippen molar-refractivity contribution in [1.82, 2.24) is 15.1 Å². The van der Waals surface area contributed by atoms with Crippen LogP contribution < -0.4 is 5.73 Å². The van der Waals surface area contributed by atoms with Crippen molar-refractivity contribution in [2.24, 2.45) is 0 Å². The van der Waals surface area contributed by atoms with Crippen LogP contribution in [0.25, 0.3) is 11.5 Å². The van der Waals surface area contributed by atoms with Gasteiger partial charge in [-0.05, 0) is 12.1 Å². The van der Waals surface area contributed by atoms with Crippen molar-refractivity contribution in [3.63, 3.8) is 0 Å². The maximum Gasteiger partial charge on any atom is 0.396 e. The minimum atomic E-state index is -4.37. The summed E-state index contributed by atoms with van der Waals surface area (Å²) in [5.41, 5.74) is 5.84. The summed E-state index contributed by atoms with van der Waals surface area (Å²) in [5.74, 6) is -0.389. The number of anilines is 1. The van der Waals surface area contributed by atoms with Crippen LogP contribution in [0.2, 0.25) is 0 Å². The van der Waals surface area contributed by atoms with Crippen LogP contribution >= 0.6 is 0 Å². The molecular weight excluding hydrogens is 237 g/mol. The molecule has 8 heteroatoms. The summed E-state index contributed by atoms with van der Waals surface area (Å²) in [6.45, 7) is 0. The molecule has 0 bridgehead atoms. The number of nitrogen functional groups attached to an aromatic ring is 1. The highest BCUT2D eigenvalue weighted by molar-refractivity contribution is 5.66. The Hall–Kier alpha value is -2.12. The molecule has 2 aromatic rings. The van der Waals surface area contributed by atoms with Crippen molar-refractivity contribution >= 4 is 5.82 Å². The van der Waals surface area contributed by atoms with Crippen LogP contribution in [0.15, 0.2) is 22.9 Å². The minimum absolute atomic E-state index is 0.0742. The third-order valence-electron chi connectivity index (χ3n) is 1.90. The molecule has 0 unspecified atom stereocenters. The normalized spacial score (nSPS) is 11.7. The Kier molecular flexibility index (Phi) is 2.70. The van der Waals surface area contributed by atoms with E-state index in [0.29, 0.717) is 5.56 Å². The standard InChI is InChI=1S/C9H7F3N4O/c10-9(11,12)4-6-15-8(17-16-6)5-2-1-3-14-7(5)13/h1-3H,4H2,(H2,13,14). The van der Waals surface area contributed by atoms with Gasteiger partial charge in [0.1, 0.15) is 12.2 Å². The van der Waals surface area contributed by atoms with E-state index in [2.05, 4.69) is 15.1 Å². The van der Waals surface area contributed by atoms with Gasteiger partial charge in [0.25, 0.3) is 5.89 Å². The van der Waals surface area contributed by atoms with Gasteiger partial charge in [0.15, 0.2) is 5.82 Å². The van der Waals surface area contributed by atoms with Gasteiger partial charge in [0.05, 0.1) is 5.56 Å². The molecule has 2 rings (SSSR count). The monoisotopic (exact) mass is 244 g/mol. The topological polar surface area (TPSA) is 77.8 Å². The van der Waals surface area contributed by atoms with Gasteiger partial charge in [-0.15, -0.1) is 0 Å². The van der Waals surface area contributed by atoms with Crippen LogP contribution in [-0.4, -0.2) is 21.3 Å². The summed E-state index contributed by atoms with van der Waals surface area (Å²) < 4.78 is 40.9. The molecule has 0 atom stereocenters. The Morgan fingerprint density at radius 1 is 1.35 bits per heavy atom. The smallest absolute Gasteiger partial charge is 0.383 e. The summed E-state index contributed by atoms with van der Waals surface area (Å²) in [7, 11) is 0.